The first-order chi connectivity index (χ1) is 8.63. The van der Waals surface area contributed by atoms with Gasteiger partial charge in [0.1, 0.15) is 11.6 Å². The molecule has 2 aromatic rings. The second kappa shape index (κ2) is 4.87. The van der Waals surface area contributed by atoms with E-state index in [4.69, 9.17) is 10.9 Å². The van der Waals surface area contributed by atoms with Crippen molar-refractivity contribution in [2.24, 2.45) is 10.9 Å². The topological polar surface area (TPSA) is 89.3 Å². The highest BCUT2D eigenvalue weighted by Crippen LogP contribution is 2.16. The molecule has 0 unspecified atom stereocenters. The molecule has 0 bridgehead atoms. The van der Waals surface area contributed by atoms with Gasteiger partial charge in [-0.1, -0.05) is 19.0 Å². The SMILES string of the molecule is CC(C)c1nccn1-c1cc(/C(N)=N/O)ccn1. The van der Waals surface area contributed by atoms with Crippen molar-refractivity contribution >= 4 is 5.84 Å². The highest BCUT2D eigenvalue weighted by atomic mass is 16.4. The molecular formula is C12H15N5O. The predicted octanol–water partition coefficient (Wildman–Crippen LogP) is 1.49. The number of imidazole rings is 1. The first kappa shape index (κ1) is 12.1. The molecule has 0 radical (unpaired) electrons. The summed E-state index contributed by atoms with van der Waals surface area (Å²) < 4.78 is 1.89. The average Bonchev–Trinajstić information content (AvgIpc) is 2.87. The standard InChI is InChI=1S/C12H15N5O/c1-8(2)12-15-5-6-17(12)10-7-9(3-4-14-10)11(13)16-18/h3-8,18H,1-2H3,(H2,13,16). The lowest BCUT2D eigenvalue weighted by Gasteiger charge is -2.10. The smallest absolute Gasteiger partial charge is 0.170 e. The van der Waals surface area contributed by atoms with Gasteiger partial charge in [-0.2, -0.15) is 0 Å². The summed E-state index contributed by atoms with van der Waals surface area (Å²) in [5.41, 5.74) is 6.18. The van der Waals surface area contributed by atoms with E-state index in [9.17, 15) is 0 Å². The van der Waals surface area contributed by atoms with Crippen LogP contribution in [0.4, 0.5) is 0 Å². The number of hydrogen-bond acceptors (Lipinski definition) is 4. The van der Waals surface area contributed by atoms with E-state index < -0.39 is 0 Å². The Labute approximate surface area is 105 Å². The number of nitrogens with zero attached hydrogens (tertiary/aromatic N) is 4. The first-order valence-corrected chi connectivity index (χ1v) is 5.61. The number of rotatable bonds is 3. The molecule has 2 aromatic heterocycles. The third-order valence-corrected chi connectivity index (χ3v) is 2.58. The lowest BCUT2D eigenvalue weighted by Crippen LogP contribution is -2.14. The van der Waals surface area contributed by atoms with Crippen LogP contribution in [0.2, 0.25) is 0 Å². The van der Waals surface area contributed by atoms with Crippen molar-refractivity contribution in [3.63, 3.8) is 0 Å². The van der Waals surface area contributed by atoms with E-state index >= 15 is 0 Å². The predicted molar refractivity (Wildman–Crippen MR) is 68.0 cm³/mol. The maximum absolute atomic E-state index is 8.68. The third-order valence-electron chi connectivity index (χ3n) is 2.58. The minimum absolute atomic E-state index is 0.0601. The van der Waals surface area contributed by atoms with Gasteiger partial charge in [-0.15, -0.1) is 0 Å². The summed E-state index contributed by atoms with van der Waals surface area (Å²) in [6, 6.07) is 3.44. The monoisotopic (exact) mass is 245 g/mol. The van der Waals surface area contributed by atoms with Crippen LogP contribution in [-0.4, -0.2) is 25.6 Å². The van der Waals surface area contributed by atoms with Gasteiger partial charge in [0.05, 0.1) is 0 Å². The second-order valence-electron chi connectivity index (χ2n) is 4.20. The van der Waals surface area contributed by atoms with E-state index in [1.165, 1.54) is 0 Å². The quantitative estimate of drug-likeness (QED) is 0.371. The fourth-order valence-corrected chi connectivity index (χ4v) is 1.70. The Morgan fingerprint density at radius 3 is 2.83 bits per heavy atom. The molecule has 0 saturated heterocycles. The Morgan fingerprint density at radius 2 is 2.17 bits per heavy atom. The number of amidine groups is 1. The minimum Gasteiger partial charge on any atom is -0.409 e. The molecular weight excluding hydrogens is 230 g/mol. The van der Waals surface area contributed by atoms with Crippen molar-refractivity contribution in [1.82, 2.24) is 14.5 Å². The zero-order valence-corrected chi connectivity index (χ0v) is 10.3. The van der Waals surface area contributed by atoms with Gasteiger partial charge in [-0.05, 0) is 12.1 Å². The molecule has 94 valence electrons. The maximum atomic E-state index is 8.68. The summed E-state index contributed by atoms with van der Waals surface area (Å²) in [5.74, 6) is 1.96. The highest BCUT2D eigenvalue weighted by Gasteiger charge is 2.10. The van der Waals surface area contributed by atoms with E-state index in [0.717, 1.165) is 5.82 Å². The molecule has 0 spiro atoms. The molecule has 3 N–H and O–H groups in total. The molecule has 2 rings (SSSR count). The van der Waals surface area contributed by atoms with Gasteiger partial charge in [-0.25, -0.2) is 9.97 Å². The Morgan fingerprint density at radius 1 is 1.39 bits per heavy atom. The van der Waals surface area contributed by atoms with Crippen LogP contribution >= 0.6 is 0 Å². The Hall–Kier alpha value is -2.37. The fraction of sp³-hybridized carbons (Fsp3) is 0.250. The molecule has 18 heavy (non-hydrogen) atoms. The van der Waals surface area contributed by atoms with E-state index in [1.54, 1.807) is 24.5 Å². The molecule has 0 aromatic carbocycles. The molecule has 0 amide bonds. The van der Waals surface area contributed by atoms with Crippen molar-refractivity contribution in [2.45, 2.75) is 19.8 Å². The summed E-state index contributed by atoms with van der Waals surface area (Å²) in [4.78, 5) is 8.57. The average molecular weight is 245 g/mol. The number of nitrogens with two attached hydrogens (primary N) is 1. The fourth-order valence-electron chi connectivity index (χ4n) is 1.70. The van der Waals surface area contributed by atoms with E-state index in [0.29, 0.717) is 11.4 Å². The molecule has 0 fully saturated rings. The molecule has 0 saturated carbocycles. The number of oxime groups is 1. The van der Waals surface area contributed by atoms with Crippen molar-refractivity contribution in [2.75, 3.05) is 0 Å². The van der Waals surface area contributed by atoms with Gasteiger partial charge in [0.15, 0.2) is 5.84 Å². The maximum Gasteiger partial charge on any atom is 0.170 e. The van der Waals surface area contributed by atoms with Crippen molar-refractivity contribution in [1.29, 1.82) is 0 Å². The van der Waals surface area contributed by atoms with Crippen molar-refractivity contribution in [3.05, 3.63) is 42.1 Å². The van der Waals surface area contributed by atoms with Gasteiger partial charge >= 0.3 is 0 Å². The lowest BCUT2D eigenvalue weighted by molar-refractivity contribution is 0.318. The molecule has 2 heterocycles. The number of pyridine rings is 1. The lowest BCUT2D eigenvalue weighted by atomic mass is 10.2. The number of aromatic nitrogens is 3. The van der Waals surface area contributed by atoms with Gasteiger partial charge in [0.2, 0.25) is 0 Å². The van der Waals surface area contributed by atoms with Crippen LogP contribution in [0.1, 0.15) is 31.2 Å². The second-order valence-corrected chi connectivity index (χ2v) is 4.20. The molecule has 0 aliphatic carbocycles. The Bertz CT molecular complexity index is 573. The summed E-state index contributed by atoms with van der Waals surface area (Å²) in [5, 5.41) is 11.7. The van der Waals surface area contributed by atoms with Crippen LogP contribution in [0.5, 0.6) is 0 Å². The molecule has 6 nitrogen and oxygen atoms in total. The van der Waals surface area contributed by atoms with Gasteiger partial charge < -0.3 is 10.9 Å². The van der Waals surface area contributed by atoms with E-state index in [-0.39, 0.29) is 11.8 Å². The third kappa shape index (κ3) is 2.17. The van der Waals surface area contributed by atoms with Gasteiger partial charge in [0, 0.05) is 30.1 Å². The van der Waals surface area contributed by atoms with Crippen LogP contribution in [0.25, 0.3) is 5.82 Å². The Balaban J connectivity index is 2.48. The summed E-state index contributed by atoms with van der Waals surface area (Å²) >= 11 is 0. The van der Waals surface area contributed by atoms with Crippen LogP contribution in [0.3, 0.4) is 0 Å². The van der Waals surface area contributed by atoms with Gasteiger partial charge in [0.25, 0.3) is 0 Å². The highest BCUT2D eigenvalue weighted by molar-refractivity contribution is 5.97. The van der Waals surface area contributed by atoms with Crippen LogP contribution in [0.15, 0.2) is 35.9 Å². The van der Waals surface area contributed by atoms with Crippen LogP contribution in [-0.2, 0) is 0 Å². The Kier molecular flexibility index (Phi) is 3.27. The van der Waals surface area contributed by atoms with E-state index in [2.05, 4.69) is 29.0 Å². The largest absolute Gasteiger partial charge is 0.409 e. The zero-order valence-electron chi connectivity index (χ0n) is 10.3. The zero-order chi connectivity index (χ0) is 13.1. The summed E-state index contributed by atoms with van der Waals surface area (Å²) in [6.07, 6.45) is 5.19. The summed E-state index contributed by atoms with van der Waals surface area (Å²) in [6.45, 7) is 4.12. The van der Waals surface area contributed by atoms with Crippen LogP contribution in [0, 0.1) is 0 Å². The minimum atomic E-state index is 0.0601. The van der Waals surface area contributed by atoms with E-state index in [1.807, 2.05) is 10.8 Å². The molecule has 0 atom stereocenters. The molecule has 0 aliphatic rings. The first-order valence-electron chi connectivity index (χ1n) is 5.61. The number of hydrogen-bond donors (Lipinski definition) is 2. The normalized spacial score (nSPS) is 12.1. The van der Waals surface area contributed by atoms with Crippen LogP contribution < -0.4 is 5.73 Å². The van der Waals surface area contributed by atoms with Crippen molar-refractivity contribution < 1.29 is 5.21 Å². The molecule has 0 aliphatic heterocycles. The summed E-state index contributed by atoms with van der Waals surface area (Å²) in [7, 11) is 0. The van der Waals surface area contributed by atoms with Gasteiger partial charge in [-0.3, -0.25) is 4.57 Å². The molecule has 6 heteroatoms. The van der Waals surface area contributed by atoms with Crippen molar-refractivity contribution in [3.8, 4) is 5.82 Å².